The van der Waals surface area contributed by atoms with E-state index in [2.05, 4.69) is 47.5 Å². The van der Waals surface area contributed by atoms with Gasteiger partial charge in [-0.1, -0.05) is 37.3 Å². The van der Waals surface area contributed by atoms with Gasteiger partial charge in [-0.2, -0.15) is 0 Å². The predicted molar refractivity (Wildman–Crippen MR) is 74.9 cm³/mol. The second-order valence-electron chi connectivity index (χ2n) is 4.83. The number of rotatable bonds is 6. The Morgan fingerprint density at radius 1 is 1.33 bits per heavy atom. The number of morpholine rings is 1. The zero-order valence-electron chi connectivity index (χ0n) is 11.3. The van der Waals surface area contributed by atoms with Crippen molar-refractivity contribution in [3.05, 3.63) is 35.9 Å². The Hall–Kier alpha value is -0.900. The zero-order valence-corrected chi connectivity index (χ0v) is 11.3. The molecular formula is C15H24N2O. The standard InChI is InChI=1S/C15H24N2O/c1-2-17-10-11-18-15(13-17)12-16-9-8-14-6-4-3-5-7-14/h3-7,15-16H,2,8-13H2,1H3. The van der Waals surface area contributed by atoms with Crippen LogP contribution >= 0.6 is 0 Å². The number of benzene rings is 1. The summed E-state index contributed by atoms with van der Waals surface area (Å²) in [4.78, 5) is 2.45. The van der Waals surface area contributed by atoms with E-state index >= 15 is 0 Å². The minimum atomic E-state index is 0.356. The average Bonchev–Trinajstić information content (AvgIpc) is 2.45. The van der Waals surface area contributed by atoms with Gasteiger partial charge >= 0.3 is 0 Å². The van der Waals surface area contributed by atoms with Gasteiger partial charge in [0.2, 0.25) is 0 Å². The first kappa shape index (κ1) is 13.5. The fourth-order valence-electron chi connectivity index (χ4n) is 2.33. The Balaban J connectivity index is 1.60. The molecule has 3 nitrogen and oxygen atoms in total. The van der Waals surface area contributed by atoms with Crippen molar-refractivity contribution >= 4 is 0 Å². The summed E-state index contributed by atoms with van der Waals surface area (Å²) in [6.45, 7) is 8.35. The molecule has 0 aliphatic carbocycles. The van der Waals surface area contributed by atoms with Crippen LogP contribution in [0, 0.1) is 0 Å². The minimum absolute atomic E-state index is 0.356. The molecule has 1 aromatic carbocycles. The molecule has 1 heterocycles. The third-order valence-corrected chi connectivity index (χ3v) is 3.48. The quantitative estimate of drug-likeness (QED) is 0.773. The molecule has 1 aliphatic rings. The van der Waals surface area contributed by atoms with Crippen LogP contribution in [0.15, 0.2) is 30.3 Å². The van der Waals surface area contributed by atoms with E-state index in [0.717, 1.165) is 45.8 Å². The maximum absolute atomic E-state index is 5.76. The van der Waals surface area contributed by atoms with Crippen molar-refractivity contribution < 1.29 is 4.74 Å². The van der Waals surface area contributed by atoms with Gasteiger partial charge in [0, 0.05) is 19.6 Å². The summed E-state index contributed by atoms with van der Waals surface area (Å²) >= 11 is 0. The molecule has 0 amide bonds. The van der Waals surface area contributed by atoms with Crippen molar-refractivity contribution in [3.8, 4) is 0 Å². The maximum atomic E-state index is 5.76. The first-order valence-electron chi connectivity index (χ1n) is 6.97. The highest BCUT2D eigenvalue weighted by Crippen LogP contribution is 2.04. The molecule has 0 aromatic heterocycles. The predicted octanol–water partition coefficient (Wildman–Crippen LogP) is 1.54. The summed E-state index contributed by atoms with van der Waals surface area (Å²) in [5.74, 6) is 0. The van der Waals surface area contributed by atoms with E-state index < -0.39 is 0 Å². The summed E-state index contributed by atoms with van der Waals surface area (Å²) in [6.07, 6.45) is 1.44. The van der Waals surface area contributed by atoms with Gasteiger partial charge in [0.05, 0.1) is 12.7 Å². The minimum Gasteiger partial charge on any atom is -0.374 e. The Labute approximate surface area is 110 Å². The van der Waals surface area contributed by atoms with Gasteiger partial charge < -0.3 is 10.1 Å². The molecule has 0 bridgehead atoms. The fourth-order valence-corrected chi connectivity index (χ4v) is 2.33. The Kier molecular flexibility index (Phi) is 5.65. The molecule has 18 heavy (non-hydrogen) atoms. The third kappa shape index (κ3) is 4.41. The smallest absolute Gasteiger partial charge is 0.0826 e. The zero-order chi connectivity index (χ0) is 12.6. The van der Waals surface area contributed by atoms with Crippen LogP contribution in [-0.4, -0.2) is 50.3 Å². The highest BCUT2D eigenvalue weighted by Gasteiger charge is 2.18. The Morgan fingerprint density at radius 3 is 2.94 bits per heavy atom. The Morgan fingerprint density at radius 2 is 2.17 bits per heavy atom. The number of nitrogens with zero attached hydrogens (tertiary/aromatic N) is 1. The van der Waals surface area contributed by atoms with Gasteiger partial charge in [0.15, 0.2) is 0 Å². The lowest BCUT2D eigenvalue weighted by Crippen LogP contribution is -2.46. The van der Waals surface area contributed by atoms with Crippen molar-refractivity contribution in [2.45, 2.75) is 19.4 Å². The van der Waals surface area contributed by atoms with Crippen LogP contribution in [0.4, 0.5) is 0 Å². The molecule has 1 unspecified atom stereocenters. The molecule has 0 saturated carbocycles. The lowest BCUT2D eigenvalue weighted by atomic mass is 10.1. The van der Waals surface area contributed by atoms with Gasteiger partial charge in [-0.05, 0) is 25.1 Å². The summed E-state index contributed by atoms with van der Waals surface area (Å²) in [7, 11) is 0. The Bertz CT molecular complexity index is 329. The maximum Gasteiger partial charge on any atom is 0.0826 e. The average molecular weight is 248 g/mol. The van der Waals surface area contributed by atoms with Gasteiger partial charge in [-0.3, -0.25) is 4.90 Å². The van der Waals surface area contributed by atoms with Crippen LogP contribution in [0.5, 0.6) is 0 Å². The van der Waals surface area contributed by atoms with Crippen molar-refractivity contribution in [1.29, 1.82) is 0 Å². The molecule has 100 valence electrons. The van der Waals surface area contributed by atoms with Crippen LogP contribution in [0.25, 0.3) is 0 Å². The molecule has 0 spiro atoms. The first-order valence-corrected chi connectivity index (χ1v) is 6.97. The van der Waals surface area contributed by atoms with E-state index in [4.69, 9.17) is 4.74 Å². The molecule has 2 rings (SSSR count). The highest BCUT2D eigenvalue weighted by molar-refractivity contribution is 5.14. The van der Waals surface area contributed by atoms with E-state index in [1.807, 2.05) is 0 Å². The van der Waals surface area contributed by atoms with E-state index in [-0.39, 0.29) is 0 Å². The van der Waals surface area contributed by atoms with Gasteiger partial charge in [0.25, 0.3) is 0 Å². The SMILES string of the molecule is CCN1CCOC(CNCCc2ccccc2)C1. The van der Waals surface area contributed by atoms with Crippen molar-refractivity contribution in [1.82, 2.24) is 10.2 Å². The van der Waals surface area contributed by atoms with Crippen molar-refractivity contribution in [2.24, 2.45) is 0 Å². The molecule has 1 saturated heterocycles. The molecule has 1 aliphatic heterocycles. The van der Waals surface area contributed by atoms with Crippen LogP contribution < -0.4 is 5.32 Å². The summed E-state index contributed by atoms with van der Waals surface area (Å²) < 4.78 is 5.76. The van der Waals surface area contributed by atoms with Crippen LogP contribution in [0.1, 0.15) is 12.5 Å². The van der Waals surface area contributed by atoms with Crippen LogP contribution in [-0.2, 0) is 11.2 Å². The first-order chi connectivity index (χ1) is 8.88. The fraction of sp³-hybridized carbons (Fsp3) is 0.600. The number of ether oxygens (including phenoxy) is 1. The molecule has 1 N–H and O–H groups in total. The molecule has 3 heteroatoms. The molecule has 1 aromatic rings. The number of nitrogens with one attached hydrogen (secondary N) is 1. The van der Waals surface area contributed by atoms with E-state index in [9.17, 15) is 0 Å². The number of hydrogen-bond donors (Lipinski definition) is 1. The van der Waals surface area contributed by atoms with Gasteiger partial charge in [-0.15, -0.1) is 0 Å². The lowest BCUT2D eigenvalue weighted by Gasteiger charge is -2.32. The largest absolute Gasteiger partial charge is 0.374 e. The van der Waals surface area contributed by atoms with E-state index in [1.54, 1.807) is 0 Å². The summed E-state index contributed by atoms with van der Waals surface area (Å²) in [5.41, 5.74) is 1.39. The third-order valence-electron chi connectivity index (χ3n) is 3.48. The monoisotopic (exact) mass is 248 g/mol. The van der Waals surface area contributed by atoms with E-state index in [1.165, 1.54) is 5.56 Å². The van der Waals surface area contributed by atoms with Crippen molar-refractivity contribution in [2.75, 3.05) is 39.3 Å². The molecule has 1 atom stereocenters. The summed E-state index contributed by atoms with van der Waals surface area (Å²) in [6, 6.07) is 10.6. The van der Waals surface area contributed by atoms with Crippen LogP contribution in [0.3, 0.4) is 0 Å². The number of hydrogen-bond acceptors (Lipinski definition) is 3. The van der Waals surface area contributed by atoms with Gasteiger partial charge in [0.1, 0.15) is 0 Å². The molecule has 0 radical (unpaired) electrons. The lowest BCUT2D eigenvalue weighted by molar-refractivity contribution is -0.0251. The normalized spacial score (nSPS) is 21.1. The second-order valence-corrected chi connectivity index (χ2v) is 4.83. The van der Waals surface area contributed by atoms with Gasteiger partial charge in [-0.25, -0.2) is 0 Å². The van der Waals surface area contributed by atoms with Crippen molar-refractivity contribution in [3.63, 3.8) is 0 Å². The molecule has 1 fully saturated rings. The second kappa shape index (κ2) is 7.52. The van der Waals surface area contributed by atoms with Crippen LogP contribution in [0.2, 0.25) is 0 Å². The summed E-state index contributed by atoms with van der Waals surface area (Å²) in [5, 5.41) is 3.50. The van der Waals surface area contributed by atoms with E-state index in [0.29, 0.717) is 6.10 Å². The molecular weight excluding hydrogens is 224 g/mol. The number of likely N-dealkylation sites (N-methyl/N-ethyl adjacent to an activating group) is 1. The highest BCUT2D eigenvalue weighted by atomic mass is 16.5. The topological polar surface area (TPSA) is 24.5 Å².